The molecular weight excluding hydrogens is 512 g/mol. The maximum absolute atomic E-state index is 12.9. The maximum atomic E-state index is 12.9. The number of aromatic nitrogens is 3. The molecule has 4 aromatic rings. The highest BCUT2D eigenvalue weighted by molar-refractivity contribution is 5.97. The number of fused-ring (bicyclic) bond motifs is 1. The topological polar surface area (TPSA) is 202 Å². The smallest absolute Gasteiger partial charge is 0.328 e. The molecule has 12 heteroatoms. The van der Waals surface area contributed by atoms with Crippen LogP contribution in [0.5, 0.6) is 0 Å². The molecule has 0 aliphatic carbocycles. The number of methoxy groups -OCH3 is 1. The molecule has 0 aliphatic rings. The number of nitrogen functional groups attached to an aromatic ring is 2. The number of benzene rings is 2. The average molecular weight is 541 g/mol. The summed E-state index contributed by atoms with van der Waals surface area (Å²) in [6, 6.07) is 14.4. The Morgan fingerprint density at radius 2 is 1.77 bits per heavy atom. The number of hydrogen-bond donors (Lipinski definition) is 5. The van der Waals surface area contributed by atoms with E-state index in [9.17, 15) is 14.4 Å². The molecule has 2 amide bonds. The number of aromatic amines is 1. The van der Waals surface area contributed by atoms with Gasteiger partial charge in [-0.1, -0.05) is 12.1 Å². The van der Waals surface area contributed by atoms with E-state index < -0.39 is 17.9 Å². The summed E-state index contributed by atoms with van der Waals surface area (Å²) < 4.78 is 4.81. The van der Waals surface area contributed by atoms with Gasteiger partial charge in [0.2, 0.25) is 11.9 Å². The molecule has 204 valence electrons. The Morgan fingerprint density at radius 1 is 1.05 bits per heavy atom. The summed E-state index contributed by atoms with van der Waals surface area (Å²) in [5.41, 5.74) is 15.6. The zero-order valence-electron chi connectivity index (χ0n) is 21.7. The average Bonchev–Trinajstić information content (AvgIpc) is 3.37. The van der Waals surface area contributed by atoms with Crippen molar-refractivity contribution in [3.05, 3.63) is 77.0 Å². The summed E-state index contributed by atoms with van der Waals surface area (Å²) >= 11 is 0. The van der Waals surface area contributed by atoms with Crippen LogP contribution in [-0.4, -0.2) is 45.9 Å². The second-order valence-electron chi connectivity index (χ2n) is 9.03. The van der Waals surface area contributed by atoms with Crippen LogP contribution >= 0.6 is 0 Å². The molecule has 2 aromatic heterocycles. The van der Waals surface area contributed by atoms with Crippen molar-refractivity contribution < 1.29 is 19.1 Å². The molecule has 40 heavy (non-hydrogen) atoms. The lowest BCUT2D eigenvalue weighted by Gasteiger charge is -2.16. The first kappa shape index (κ1) is 27.6. The van der Waals surface area contributed by atoms with Crippen molar-refractivity contribution in [2.45, 2.75) is 31.7 Å². The Labute approximate surface area is 229 Å². The molecular formula is C28H28N8O4. The third-order valence-corrected chi connectivity index (χ3v) is 6.31. The van der Waals surface area contributed by atoms with Crippen molar-refractivity contribution in [1.29, 1.82) is 5.26 Å². The lowest BCUT2D eigenvalue weighted by molar-refractivity contribution is -0.143. The summed E-state index contributed by atoms with van der Waals surface area (Å²) in [4.78, 5) is 48.7. The number of amides is 2. The number of nitriles is 1. The lowest BCUT2D eigenvalue weighted by atomic mass is 10.0. The van der Waals surface area contributed by atoms with Crippen molar-refractivity contribution in [1.82, 2.24) is 20.3 Å². The Bertz CT molecular complexity index is 1570. The number of nitrogens with one attached hydrogen (secondary N) is 3. The van der Waals surface area contributed by atoms with Crippen LogP contribution in [0.3, 0.4) is 0 Å². The molecule has 7 N–H and O–H groups in total. The summed E-state index contributed by atoms with van der Waals surface area (Å²) in [5.74, 6) is -1.04. The van der Waals surface area contributed by atoms with E-state index in [-0.39, 0.29) is 24.7 Å². The van der Waals surface area contributed by atoms with E-state index in [2.05, 4.69) is 25.6 Å². The third-order valence-electron chi connectivity index (χ3n) is 6.31. The number of anilines is 3. The number of nitrogens with zero attached hydrogens (tertiary/aromatic N) is 3. The standard InChI is InChI=1S/C28H28N8O4/c1-40-27(39)21(12-13-22(37)33-20-10-5-17(14-29)6-11-20)34-26(38)18-7-2-16(3-8-18)4-9-19-15-32-25-23(19)24(30)35-28(31)36-25/h2-3,5-8,10-11,15,21H,4,9,12-13H2,1H3,(H,33,37)(H,34,38)(H5,30,31,32,35,36)/t21-/m0/s1. The van der Waals surface area contributed by atoms with Gasteiger partial charge in [0.05, 0.1) is 24.1 Å². The third kappa shape index (κ3) is 6.70. The van der Waals surface area contributed by atoms with Crippen molar-refractivity contribution in [2.24, 2.45) is 0 Å². The first-order valence-electron chi connectivity index (χ1n) is 12.4. The first-order chi connectivity index (χ1) is 19.3. The molecule has 0 radical (unpaired) electrons. The molecule has 0 spiro atoms. The van der Waals surface area contributed by atoms with Crippen LogP contribution in [0.15, 0.2) is 54.7 Å². The highest BCUT2D eigenvalue weighted by Gasteiger charge is 2.23. The molecule has 1 atom stereocenters. The molecule has 0 aliphatic heterocycles. The minimum absolute atomic E-state index is 0.0328. The number of rotatable bonds is 10. The van der Waals surface area contributed by atoms with E-state index in [1.54, 1.807) is 36.4 Å². The molecule has 0 fully saturated rings. The van der Waals surface area contributed by atoms with Gasteiger partial charge in [-0.2, -0.15) is 15.2 Å². The molecule has 0 unspecified atom stereocenters. The van der Waals surface area contributed by atoms with Gasteiger partial charge in [-0.05, 0) is 66.8 Å². The van der Waals surface area contributed by atoms with Crippen LogP contribution < -0.4 is 22.1 Å². The number of ether oxygens (including phenoxy) is 1. The normalized spacial score (nSPS) is 11.4. The Kier molecular flexibility index (Phi) is 8.55. The highest BCUT2D eigenvalue weighted by Crippen LogP contribution is 2.24. The van der Waals surface area contributed by atoms with Crippen LogP contribution in [0.25, 0.3) is 11.0 Å². The predicted octanol–water partition coefficient (Wildman–Crippen LogP) is 2.47. The van der Waals surface area contributed by atoms with Gasteiger partial charge in [0.15, 0.2) is 0 Å². The Hall–Kier alpha value is -5.44. The fourth-order valence-electron chi connectivity index (χ4n) is 4.20. The highest BCUT2D eigenvalue weighted by atomic mass is 16.5. The number of esters is 1. The monoisotopic (exact) mass is 540 g/mol. The fraction of sp³-hybridized carbons (Fsp3) is 0.214. The minimum Gasteiger partial charge on any atom is -0.467 e. The number of H-pyrrole nitrogens is 1. The molecule has 2 heterocycles. The van der Waals surface area contributed by atoms with E-state index in [4.69, 9.17) is 21.5 Å². The van der Waals surface area contributed by atoms with Crippen LogP contribution in [0.4, 0.5) is 17.5 Å². The Balaban J connectivity index is 1.32. The summed E-state index contributed by atoms with van der Waals surface area (Å²) in [6.45, 7) is 0. The van der Waals surface area contributed by atoms with Crippen LogP contribution in [0, 0.1) is 11.3 Å². The van der Waals surface area contributed by atoms with Crippen LogP contribution in [0.2, 0.25) is 0 Å². The Morgan fingerprint density at radius 3 is 2.45 bits per heavy atom. The number of hydrogen-bond acceptors (Lipinski definition) is 9. The van der Waals surface area contributed by atoms with Crippen molar-refractivity contribution in [3.8, 4) is 6.07 Å². The van der Waals surface area contributed by atoms with Gasteiger partial charge >= 0.3 is 5.97 Å². The van der Waals surface area contributed by atoms with Gasteiger partial charge in [-0.25, -0.2) is 4.79 Å². The van der Waals surface area contributed by atoms with Crippen LogP contribution in [-0.2, 0) is 27.2 Å². The summed E-state index contributed by atoms with van der Waals surface area (Å²) in [7, 11) is 1.22. The molecule has 0 bridgehead atoms. The fourth-order valence-corrected chi connectivity index (χ4v) is 4.20. The summed E-state index contributed by atoms with van der Waals surface area (Å²) in [6.07, 6.45) is 3.18. The molecule has 12 nitrogen and oxygen atoms in total. The van der Waals surface area contributed by atoms with Gasteiger partial charge in [0.25, 0.3) is 5.91 Å². The van der Waals surface area contributed by atoms with Gasteiger partial charge in [-0.3, -0.25) is 9.59 Å². The van der Waals surface area contributed by atoms with E-state index in [0.29, 0.717) is 41.1 Å². The predicted molar refractivity (Wildman–Crippen MR) is 149 cm³/mol. The van der Waals surface area contributed by atoms with E-state index in [1.807, 2.05) is 24.4 Å². The minimum atomic E-state index is -1.01. The lowest BCUT2D eigenvalue weighted by Crippen LogP contribution is -2.42. The van der Waals surface area contributed by atoms with Crippen molar-refractivity contribution >= 4 is 46.3 Å². The second kappa shape index (κ2) is 12.4. The molecule has 4 rings (SSSR count). The number of carbonyl (C=O) groups excluding carboxylic acids is 3. The van der Waals surface area contributed by atoms with Gasteiger partial charge < -0.3 is 31.8 Å². The van der Waals surface area contributed by atoms with Crippen LogP contribution in [0.1, 0.15) is 39.9 Å². The van der Waals surface area contributed by atoms with Gasteiger partial charge in [-0.15, -0.1) is 0 Å². The largest absolute Gasteiger partial charge is 0.467 e. The van der Waals surface area contributed by atoms with E-state index in [1.165, 1.54) is 7.11 Å². The van der Waals surface area contributed by atoms with Crippen molar-refractivity contribution in [2.75, 3.05) is 23.9 Å². The second-order valence-corrected chi connectivity index (χ2v) is 9.03. The molecule has 0 saturated carbocycles. The van der Waals surface area contributed by atoms with Gasteiger partial charge in [0, 0.05) is 23.9 Å². The van der Waals surface area contributed by atoms with E-state index >= 15 is 0 Å². The van der Waals surface area contributed by atoms with Gasteiger partial charge in [0.1, 0.15) is 17.5 Å². The number of carbonyl (C=O) groups is 3. The zero-order chi connectivity index (χ0) is 28.6. The zero-order valence-corrected chi connectivity index (χ0v) is 21.7. The molecule has 2 aromatic carbocycles. The SMILES string of the molecule is COC(=O)[C@H](CCC(=O)Nc1ccc(C#N)cc1)NC(=O)c1ccc(CCc2c[nH]c3nc(N)nc(N)c23)cc1. The molecule has 0 saturated heterocycles. The first-order valence-corrected chi connectivity index (χ1v) is 12.4. The number of aryl methyl sites for hydroxylation is 2. The van der Waals surface area contributed by atoms with Crippen molar-refractivity contribution in [3.63, 3.8) is 0 Å². The number of nitrogens with two attached hydrogens (primary N) is 2. The van der Waals surface area contributed by atoms with E-state index in [0.717, 1.165) is 16.5 Å². The summed E-state index contributed by atoms with van der Waals surface area (Å²) in [5, 5.41) is 15.0. The maximum Gasteiger partial charge on any atom is 0.328 e. The quantitative estimate of drug-likeness (QED) is 0.187.